The summed E-state index contributed by atoms with van der Waals surface area (Å²) >= 11 is 0. The van der Waals surface area contributed by atoms with Crippen molar-refractivity contribution in [3.63, 3.8) is 0 Å². The molecule has 0 aliphatic heterocycles. The fraction of sp³-hybridized carbons (Fsp3) is 0.667. The molecule has 0 amide bonds. The second-order valence-electron chi connectivity index (χ2n) is 6.27. The van der Waals surface area contributed by atoms with Crippen LogP contribution in [-0.2, 0) is 6.54 Å². The average Bonchev–Trinajstić information content (AvgIpc) is 2.43. The molecule has 21 heavy (non-hydrogen) atoms. The maximum absolute atomic E-state index is 5.64. The maximum atomic E-state index is 5.64. The topological polar surface area (TPSA) is 24.5 Å². The summed E-state index contributed by atoms with van der Waals surface area (Å²) in [7, 11) is 2.19. The summed E-state index contributed by atoms with van der Waals surface area (Å²) < 4.78 is 5.64. The minimum absolute atomic E-state index is 0.234. The highest BCUT2D eigenvalue weighted by atomic mass is 16.5. The molecule has 120 valence electrons. The van der Waals surface area contributed by atoms with Gasteiger partial charge in [-0.1, -0.05) is 12.1 Å². The van der Waals surface area contributed by atoms with Crippen LogP contribution in [0.25, 0.3) is 0 Å². The van der Waals surface area contributed by atoms with Crippen LogP contribution in [0.4, 0.5) is 0 Å². The number of hydrogen-bond acceptors (Lipinski definition) is 3. The van der Waals surface area contributed by atoms with Crippen LogP contribution < -0.4 is 10.1 Å². The first-order valence-electron chi connectivity index (χ1n) is 8.15. The van der Waals surface area contributed by atoms with Crippen molar-refractivity contribution >= 4 is 0 Å². The summed E-state index contributed by atoms with van der Waals surface area (Å²) in [5.41, 5.74) is 1.31. The molecule has 0 unspecified atom stereocenters. The molecule has 0 saturated carbocycles. The van der Waals surface area contributed by atoms with Crippen LogP contribution in [0, 0.1) is 0 Å². The van der Waals surface area contributed by atoms with Gasteiger partial charge in [0.05, 0.1) is 6.10 Å². The monoisotopic (exact) mass is 292 g/mol. The van der Waals surface area contributed by atoms with Gasteiger partial charge in [0.25, 0.3) is 0 Å². The van der Waals surface area contributed by atoms with E-state index in [0.29, 0.717) is 6.04 Å². The number of benzene rings is 1. The van der Waals surface area contributed by atoms with Crippen LogP contribution in [0.2, 0.25) is 0 Å². The van der Waals surface area contributed by atoms with Crippen molar-refractivity contribution in [1.29, 1.82) is 0 Å². The zero-order valence-corrected chi connectivity index (χ0v) is 14.4. The Morgan fingerprint density at radius 3 is 2.29 bits per heavy atom. The van der Waals surface area contributed by atoms with Crippen molar-refractivity contribution in [1.82, 2.24) is 10.2 Å². The van der Waals surface area contributed by atoms with Crippen LogP contribution in [0.3, 0.4) is 0 Å². The van der Waals surface area contributed by atoms with Crippen molar-refractivity contribution < 1.29 is 4.74 Å². The fourth-order valence-corrected chi connectivity index (χ4v) is 2.06. The molecule has 1 N–H and O–H groups in total. The third-order valence-electron chi connectivity index (χ3n) is 3.62. The normalized spacial score (nSPS) is 11.6. The molecule has 0 spiro atoms. The Bertz CT molecular complexity index is 373. The van der Waals surface area contributed by atoms with Gasteiger partial charge in [-0.3, -0.25) is 0 Å². The lowest BCUT2D eigenvalue weighted by molar-refractivity contribution is 0.242. The van der Waals surface area contributed by atoms with E-state index in [1.807, 2.05) is 13.8 Å². The third-order valence-corrected chi connectivity index (χ3v) is 3.62. The molecular weight excluding hydrogens is 260 g/mol. The van der Waals surface area contributed by atoms with E-state index in [9.17, 15) is 0 Å². The Hall–Kier alpha value is -1.06. The molecule has 0 radical (unpaired) electrons. The van der Waals surface area contributed by atoms with Crippen LogP contribution in [0.5, 0.6) is 5.75 Å². The lowest BCUT2D eigenvalue weighted by Crippen LogP contribution is -2.27. The molecule has 0 aliphatic rings. The van der Waals surface area contributed by atoms with Gasteiger partial charge in [0.2, 0.25) is 0 Å². The quantitative estimate of drug-likeness (QED) is 0.666. The second kappa shape index (κ2) is 9.80. The number of nitrogens with zero attached hydrogens (tertiary/aromatic N) is 1. The van der Waals surface area contributed by atoms with Crippen LogP contribution in [-0.4, -0.2) is 37.2 Å². The number of ether oxygens (including phenoxy) is 1. The molecule has 0 aliphatic carbocycles. The summed E-state index contributed by atoms with van der Waals surface area (Å²) in [6.07, 6.45) is 2.71. The fourth-order valence-electron chi connectivity index (χ4n) is 2.06. The van der Waals surface area contributed by atoms with Crippen LogP contribution in [0.1, 0.15) is 46.1 Å². The SMILES string of the molecule is CC(C)Oc1ccc(CNCCCCN(C)C(C)C)cc1. The molecule has 3 heteroatoms. The summed E-state index contributed by atoms with van der Waals surface area (Å²) in [4.78, 5) is 2.40. The van der Waals surface area contributed by atoms with Crippen molar-refractivity contribution in [3.05, 3.63) is 29.8 Å². The summed E-state index contributed by atoms with van der Waals surface area (Å²) in [6.45, 7) is 11.8. The van der Waals surface area contributed by atoms with Gasteiger partial charge < -0.3 is 15.0 Å². The van der Waals surface area contributed by atoms with E-state index in [4.69, 9.17) is 4.74 Å². The van der Waals surface area contributed by atoms with Gasteiger partial charge in [-0.15, -0.1) is 0 Å². The Labute approximate surface area is 130 Å². The molecule has 0 saturated heterocycles. The highest BCUT2D eigenvalue weighted by molar-refractivity contribution is 5.27. The first-order chi connectivity index (χ1) is 9.99. The van der Waals surface area contributed by atoms with Gasteiger partial charge in [-0.05, 0) is 78.4 Å². The number of rotatable bonds is 10. The average molecular weight is 292 g/mol. The lowest BCUT2D eigenvalue weighted by Gasteiger charge is -2.20. The van der Waals surface area contributed by atoms with Crippen LogP contribution in [0.15, 0.2) is 24.3 Å². The minimum atomic E-state index is 0.234. The van der Waals surface area contributed by atoms with Gasteiger partial charge in [0, 0.05) is 12.6 Å². The molecular formula is C18H32N2O. The van der Waals surface area contributed by atoms with Crippen LogP contribution >= 0.6 is 0 Å². The largest absolute Gasteiger partial charge is 0.491 e. The second-order valence-corrected chi connectivity index (χ2v) is 6.27. The predicted octanol–water partition coefficient (Wildman–Crippen LogP) is 3.68. The number of hydrogen-bond donors (Lipinski definition) is 1. The van der Waals surface area contributed by atoms with E-state index in [1.54, 1.807) is 0 Å². The molecule has 3 nitrogen and oxygen atoms in total. The van der Waals surface area contributed by atoms with E-state index in [2.05, 4.69) is 55.4 Å². The molecule has 0 bridgehead atoms. The van der Waals surface area contributed by atoms with Crippen molar-refractivity contribution in [3.8, 4) is 5.75 Å². The Morgan fingerprint density at radius 2 is 1.71 bits per heavy atom. The third kappa shape index (κ3) is 8.08. The number of unbranched alkanes of at least 4 members (excludes halogenated alkanes) is 1. The molecule has 0 atom stereocenters. The smallest absolute Gasteiger partial charge is 0.119 e. The van der Waals surface area contributed by atoms with Gasteiger partial charge in [-0.2, -0.15) is 0 Å². The summed E-state index contributed by atoms with van der Waals surface area (Å²) in [6, 6.07) is 9.02. The van der Waals surface area contributed by atoms with Gasteiger partial charge in [-0.25, -0.2) is 0 Å². The molecule has 0 fully saturated rings. The Kier molecular flexibility index (Phi) is 8.40. The van der Waals surface area contributed by atoms with Gasteiger partial charge in [0.15, 0.2) is 0 Å². The minimum Gasteiger partial charge on any atom is -0.491 e. The predicted molar refractivity (Wildman–Crippen MR) is 90.9 cm³/mol. The van der Waals surface area contributed by atoms with Gasteiger partial charge >= 0.3 is 0 Å². The highest BCUT2D eigenvalue weighted by Gasteiger charge is 2.02. The standard InChI is InChI=1S/C18H32N2O/c1-15(2)20(5)13-7-6-12-19-14-17-8-10-18(11-9-17)21-16(3)4/h8-11,15-16,19H,6-7,12-14H2,1-5H3. The summed E-state index contributed by atoms with van der Waals surface area (Å²) in [5.74, 6) is 0.950. The van der Waals surface area contributed by atoms with E-state index < -0.39 is 0 Å². The first-order valence-corrected chi connectivity index (χ1v) is 8.15. The van der Waals surface area contributed by atoms with E-state index >= 15 is 0 Å². The molecule has 1 aromatic rings. The van der Waals surface area contributed by atoms with Crippen molar-refractivity contribution in [2.24, 2.45) is 0 Å². The molecule has 1 aromatic carbocycles. The van der Waals surface area contributed by atoms with E-state index in [0.717, 1.165) is 18.8 Å². The number of nitrogens with one attached hydrogen (secondary N) is 1. The van der Waals surface area contributed by atoms with Crippen molar-refractivity contribution in [2.75, 3.05) is 20.1 Å². The summed E-state index contributed by atoms with van der Waals surface area (Å²) in [5, 5.41) is 3.51. The molecule has 0 aromatic heterocycles. The van der Waals surface area contributed by atoms with Crippen molar-refractivity contribution in [2.45, 2.75) is 59.2 Å². The Morgan fingerprint density at radius 1 is 1.05 bits per heavy atom. The molecule has 0 heterocycles. The first kappa shape index (κ1) is 18.0. The molecule has 1 rings (SSSR count). The van der Waals surface area contributed by atoms with E-state index in [-0.39, 0.29) is 6.10 Å². The van der Waals surface area contributed by atoms with Gasteiger partial charge in [0.1, 0.15) is 5.75 Å². The zero-order valence-electron chi connectivity index (χ0n) is 14.4. The highest BCUT2D eigenvalue weighted by Crippen LogP contribution is 2.13. The maximum Gasteiger partial charge on any atom is 0.119 e. The Balaban J connectivity index is 2.12. The van der Waals surface area contributed by atoms with E-state index in [1.165, 1.54) is 24.9 Å². The zero-order chi connectivity index (χ0) is 15.7. The lowest BCUT2D eigenvalue weighted by atomic mass is 10.2.